The first-order chi connectivity index (χ1) is 5.72. The van der Waals surface area contributed by atoms with E-state index in [0.29, 0.717) is 0 Å². The Balaban J connectivity index is 2.41. The van der Waals surface area contributed by atoms with Crippen LogP contribution in [0.5, 0.6) is 0 Å². The number of halogens is 1. The van der Waals surface area contributed by atoms with Gasteiger partial charge in [-0.2, -0.15) is 5.10 Å². The van der Waals surface area contributed by atoms with Crippen molar-refractivity contribution < 1.29 is 0 Å². The average Bonchev–Trinajstić information content (AvgIpc) is 2.36. The molecule has 0 aromatic carbocycles. The molecule has 0 spiro atoms. The first-order valence-corrected chi connectivity index (χ1v) is 5.07. The molecular formula is C8H14BrN3. The molecule has 12 heavy (non-hydrogen) atoms. The van der Waals surface area contributed by atoms with Crippen LogP contribution in [0.3, 0.4) is 0 Å². The maximum Gasteiger partial charge on any atom is 0.0764 e. The fourth-order valence-corrected chi connectivity index (χ4v) is 1.65. The van der Waals surface area contributed by atoms with Crippen LogP contribution in [-0.4, -0.2) is 33.6 Å². The molecule has 4 heteroatoms. The van der Waals surface area contributed by atoms with Gasteiger partial charge in [-0.25, -0.2) is 0 Å². The van der Waals surface area contributed by atoms with Crippen LogP contribution < -0.4 is 0 Å². The maximum atomic E-state index is 4.29. The minimum absolute atomic E-state index is 0.923. The summed E-state index contributed by atoms with van der Waals surface area (Å²) in [4.78, 5) is 2.23. The molecule has 3 nitrogen and oxygen atoms in total. The summed E-state index contributed by atoms with van der Waals surface area (Å²) >= 11 is 3.40. The van der Waals surface area contributed by atoms with Crippen LogP contribution in [-0.2, 0) is 13.6 Å². The van der Waals surface area contributed by atoms with Gasteiger partial charge in [-0.05, 0) is 13.1 Å². The lowest BCUT2D eigenvalue weighted by Gasteiger charge is -2.12. The Labute approximate surface area is 81.5 Å². The Morgan fingerprint density at radius 1 is 1.67 bits per heavy atom. The average molecular weight is 232 g/mol. The van der Waals surface area contributed by atoms with E-state index in [2.05, 4.69) is 33.0 Å². The third-order valence-corrected chi connectivity index (χ3v) is 2.02. The Kier molecular flexibility index (Phi) is 3.75. The first kappa shape index (κ1) is 9.74. The van der Waals surface area contributed by atoms with E-state index in [9.17, 15) is 0 Å². The van der Waals surface area contributed by atoms with Gasteiger partial charge < -0.3 is 0 Å². The van der Waals surface area contributed by atoms with Gasteiger partial charge in [0.1, 0.15) is 0 Å². The highest BCUT2D eigenvalue weighted by Crippen LogP contribution is 1.99. The molecule has 0 aliphatic carbocycles. The van der Waals surface area contributed by atoms with Gasteiger partial charge in [-0.15, -0.1) is 0 Å². The van der Waals surface area contributed by atoms with Gasteiger partial charge in [0.2, 0.25) is 0 Å². The van der Waals surface area contributed by atoms with Crippen molar-refractivity contribution in [3.63, 3.8) is 0 Å². The van der Waals surface area contributed by atoms with Crippen molar-refractivity contribution in [2.75, 3.05) is 18.9 Å². The second kappa shape index (κ2) is 4.62. The van der Waals surface area contributed by atoms with Gasteiger partial charge in [0.15, 0.2) is 0 Å². The maximum absolute atomic E-state index is 4.29. The first-order valence-electron chi connectivity index (χ1n) is 3.95. The molecule has 0 radical (unpaired) electrons. The van der Waals surface area contributed by atoms with Crippen molar-refractivity contribution in [1.29, 1.82) is 0 Å². The molecule has 1 aromatic heterocycles. The zero-order chi connectivity index (χ0) is 8.97. The van der Waals surface area contributed by atoms with Gasteiger partial charge in [-0.3, -0.25) is 9.58 Å². The molecule has 68 valence electrons. The molecule has 0 aliphatic rings. The lowest BCUT2D eigenvalue weighted by atomic mass is 10.4. The van der Waals surface area contributed by atoms with Crippen molar-refractivity contribution in [3.05, 3.63) is 18.0 Å². The molecule has 0 saturated heterocycles. The van der Waals surface area contributed by atoms with Crippen LogP contribution in [0.25, 0.3) is 0 Å². The van der Waals surface area contributed by atoms with Crippen LogP contribution in [0.15, 0.2) is 12.3 Å². The molecule has 1 rings (SSSR count). The van der Waals surface area contributed by atoms with Gasteiger partial charge in [-0.1, -0.05) is 15.9 Å². The Morgan fingerprint density at radius 2 is 2.42 bits per heavy atom. The smallest absolute Gasteiger partial charge is 0.0764 e. The van der Waals surface area contributed by atoms with Gasteiger partial charge in [0, 0.05) is 31.7 Å². The van der Waals surface area contributed by atoms with Crippen LogP contribution >= 0.6 is 15.9 Å². The third kappa shape index (κ3) is 2.95. The highest BCUT2D eigenvalue weighted by molar-refractivity contribution is 9.09. The molecule has 0 unspecified atom stereocenters. The number of hydrogen-bond acceptors (Lipinski definition) is 2. The van der Waals surface area contributed by atoms with E-state index in [4.69, 9.17) is 0 Å². The molecular weight excluding hydrogens is 218 g/mol. The summed E-state index contributed by atoms with van der Waals surface area (Å²) in [5.74, 6) is 0. The van der Waals surface area contributed by atoms with E-state index in [1.807, 2.05) is 24.0 Å². The summed E-state index contributed by atoms with van der Waals surface area (Å²) in [6.07, 6.45) is 1.97. The fraction of sp³-hybridized carbons (Fsp3) is 0.625. The SMILES string of the molecule is CN(CCBr)Cc1ccn(C)n1. The van der Waals surface area contributed by atoms with Crippen molar-refractivity contribution in [1.82, 2.24) is 14.7 Å². The van der Waals surface area contributed by atoms with Gasteiger partial charge >= 0.3 is 0 Å². The van der Waals surface area contributed by atoms with E-state index in [0.717, 1.165) is 24.1 Å². The molecule has 1 aromatic rings. The predicted octanol–water partition coefficient (Wildman–Crippen LogP) is 1.25. The second-order valence-corrected chi connectivity index (χ2v) is 3.70. The molecule has 0 saturated carbocycles. The Morgan fingerprint density at radius 3 is 2.92 bits per heavy atom. The molecule has 1 heterocycles. The molecule has 0 atom stereocenters. The Hall–Kier alpha value is -0.350. The summed E-state index contributed by atoms with van der Waals surface area (Å²) in [6, 6.07) is 2.05. The van der Waals surface area contributed by atoms with Crippen LogP contribution in [0.1, 0.15) is 5.69 Å². The zero-order valence-corrected chi connectivity index (χ0v) is 9.08. The van der Waals surface area contributed by atoms with E-state index >= 15 is 0 Å². The van der Waals surface area contributed by atoms with Crippen LogP contribution in [0.2, 0.25) is 0 Å². The van der Waals surface area contributed by atoms with E-state index in [-0.39, 0.29) is 0 Å². The van der Waals surface area contributed by atoms with Crippen LogP contribution in [0, 0.1) is 0 Å². The third-order valence-electron chi connectivity index (χ3n) is 1.67. The predicted molar refractivity (Wildman–Crippen MR) is 53.3 cm³/mol. The number of rotatable bonds is 4. The minimum atomic E-state index is 0.923. The fourth-order valence-electron chi connectivity index (χ4n) is 1.05. The summed E-state index contributed by atoms with van der Waals surface area (Å²) in [5.41, 5.74) is 1.13. The number of aromatic nitrogens is 2. The van der Waals surface area contributed by atoms with Crippen molar-refractivity contribution in [2.24, 2.45) is 7.05 Å². The highest BCUT2D eigenvalue weighted by Gasteiger charge is 2.00. The molecule has 0 amide bonds. The molecule has 0 N–H and O–H groups in total. The largest absolute Gasteiger partial charge is 0.300 e. The number of hydrogen-bond donors (Lipinski definition) is 0. The summed E-state index contributed by atoms with van der Waals surface area (Å²) in [6.45, 7) is 1.98. The van der Waals surface area contributed by atoms with E-state index in [1.54, 1.807) is 0 Å². The number of alkyl halides is 1. The standard InChI is InChI=1S/C8H14BrN3/c1-11(6-4-9)7-8-3-5-12(2)10-8/h3,5H,4,6-7H2,1-2H3. The van der Waals surface area contributed by atoms with Crippen molar-refractivity contribution in [3.8, 4) is 0 Å². The monoisotopic (exact) mass is 231 g/mol. The second-order valence-electron chi connectivity index (χ2n) is 2.91. The number of aryl methyl sites for hydroxylation is 1. The summed E-state index contributed by atoms with van der Waals surface area (Å²) < 4.78 is 1.83. The van der Waals surface area contributed by atoms with Crippen molar-refractivity contribution >= 4 is 15.9 Å². The highest BCUT2D eigenvalue weighted by atomic mass is 79.9. The summed E-state index contributed by atoms with van der Waals surface area (Å²) in [5, 5.41) is 5.30. The zero-order valence-electron chi connectivity index (χ0n) is 7.50. The van der Waals surface area contributed by atoms with E-state index < -0.39 is 0 Å². The molecule has 0 bridgehead atoms. The Bertz CT molecular complexity index is 234. The van der Waals surface area contributed by atoms with Crippen molar-refractivity contribution in [2.45, 2.75) is 6.54 Å². The minimum Gasteiger partial charge on any atom is -0.300 e. The lowest BCUT2D eigenvalue weighted by molar-refractivity contribution is 0.343. The lowest BCUT2D eigenvalue weighted by Crippen LogP contribution is -2.20. The van der Waals surface area contributed by atoms with E-state index in [1.165, 1.54) is 0 Å². The summed E-state index contributed by atoms with van der Waals surface area (Å²) in [7, 11) is 4.03. The van der Waals surface area contributed by atoms with Crippen LogP contribution in [0.4, 0.5) is 0 Å². The molecule has 0 aliphatic heterocycles. The molecule has 0 fully saturated rings. The normalized spacial score (nSPS) is 11.0. The quantitative estimate of drug-likeness (QED) is 0.728. The van der Waals surface area contributed by atoms with Gasteiger partial charge in [0.05, 0.1) is 5.69 Å². The van der Waals surface area contributed by atoms with Gasteiger partial charge in [0.25, 0.3) is 0 Å². The topological polar surface area (TPSA) is 21.1 Å². The number of nitrogens with zero attached hydrogens (tertiary/aromatic N) is 3.